The predicted molar refractivity (Wildman–Crippen MR) is 102 cm³/mol. The summed E-state index contributed by atoms with van der Waals surface area (Å²) in [5, 5.41) is 2.95. The Labute approximate surface area is 154 Å². The zero-order valence-corrected chi connectivity index (χ0v) is 15.0. The number of para-hydroxylation sites is 1. The highest BCUT2D eigenvalue weighted by molar-refractivity contribution is 5.99. The fraction of sp³-hybridized carbons (Fsp3) is 0.381. The zero-order valence-electron chi connectivity index (χ0n) is 15.0. The largest absolute Gasteiger partial charge is 0.398 e. The molecule has 138 valence electrons. The lowest BCUT2D eigenvalue weighted by atomic mass is 9.90. The van der Waals surface area contributed by atoms with E-state index in [0.717, 1.165) is 38.9 Å². The molecule has 2 aromatic rings. The van der Waals surface area contributed by atoms with Crippen LogP contribution in [-0.4, -0.2) is 37.0 Å². The van der Waals surface area contributed by atoms with E-state index in [1.54, 1.807) is 12.1 Å². The second kappa shape index (κ2) is 8.81. The molecule has 1 aliphatic rings. The summed E-state index contributed by atoms with van der Waals surface area (Å²) in [6, 6.07) is 13.9. The lowest BCUT2D eigenvalue weighted by Gasteiger charge is -2.32. The predicted octanol–water partition coefficient (Wildman–Crippen LogP) is 3.09. The van der Waals surface area contributed by atoms with Crippen LogP contribution in [0.3, 0.4) is 0 Å². The minimum absolute atomic E-state index is 0.116. The van der Waals surface area contributed by atoms with Crippen LogP contribution in [0.15, 0.2) is 48.5 Å². The molecule has 0 aromatic heterocycles. The Morgan fingerprint density at radius 2 is 1.81 bits per heavy atom. The van der Waals surface area contributed by atoms with Crippen molar-refractivity contribution in [3.8, 4) is 0 Å². The molecule has 1 heterocycles. The van der Waals surface area contributed by atoms with Gasteiger partial charge in [0.1, 0.15) is 5.82 Å². The number of nitrogens with one attached hydrogen (secondary N) is 1. The minimum atomic E-state index is -0.178. The quantitative estimate of drug-likeness (QED) is 0.783. The van der Waals surface area contributed by atoms with Crippen LogP contribution in [0.4, 0.5) is 10.1 Å². The number of hydrogen-bond donors (Lipinski definition) is 2. The normalized spacial score (nSPS) is 15.7. The highest BCUT2D eigenvalue weighted by atomic mass is 19.1. The van der Waals surface area contributed by atoms with Crippen molar-refractivity contribution in [2.75, 3.05) is 31.9 Å². The van der Waals surface area contributed by atoms with Gasteiger partial charge in [0.25, 0.3) is 5.91 Å². The van der Waals surface area contributed by atoms with Crippen molar-refractivity contribution in [1.29, 1.82) is 0 Å². The number of rotatable bonds is 6. The van der Waals surface area contributed by atoms with E-state index in [1.165, 1.54) is 17.7 Å². The number of nitrogens with two attached hydrogens (primary N) is 1. The van der Waals surface area contributed by atoms with Crippen molar-refractivity contribution in [3.63, 3.8) is 0 Å². The molecule has 5 heteroatoms. The summed E-state index contributed by atoms with van der Waals surface area (Å²) in [5.41, 5.74) is 8.08. The Balaban J connectivity index is 1.37. The van der Waals surface area contributed by atoms with Crippen molar-refractivity contribution in [2.45, 2.75) is 19.3 Å². The van der Waals surface area contributed by atoms with Gasteiger partial charge < -0.3 is 16.0 Å². The Morgan fingerprint density at radius 1 is 1.12 bits per heavy atom. The van der Waals surface area contributed by atoms with E-state index < -0.39 is 0 Å². The summed E-state index contributed by atoms with van der Waals surface area (Å²) in [6.45, 7) is 3.54. The maximum absolute atomic E-state index is 13.0. The number of nitrogen functional groups attached to an aromatic ring is 1. The number of benzene rings is 2. The number of anilines is 1. The number of halogens is 1. The van der Waals surface area contributed by atoms with Crippen LogP contribution in [0.2, 0.25) is 0 Å². The van der Waals surface area contributed by atoms with Gasteiger partial charge >= 0.3 is 0 Å². The van der Waals surface area contributed by atoms with Crippen LogP contribution in [-0.2, 0) is 6.42 Å². The van der Waals surface area contributed by atoms with Gasteiger partial charge in [-0.1, -0.05) is 24.3 Å². The third kappa shape index (κ3) is 5.05. The molecule has 1 aliphatic heterocycles. The molecule has 4 nitrogen and oxygen atoms in total. The minimum Gasteiger partial charge on any atom is -0.398 e. The number of carbonyl (C=O) groups is 1. The topological polar surface area (TPSA) is 58.4 Å². The Hall–Kier alpha value is -2.40. The van der Waals surface area contributed by atoms with Gasteiger partial charge in [-0.3, -0.25) is 4.79 Å². The highest BCUT2D eigenvalue weighted by Crippen LogP contribution is 2.21. The molecule has 3 N–H and O–H groups in total. The molecule has 0 unspecified atom stereocenters. The average Bonchev–Trinajstić information content (AvgIpc) is 2.65. The summed E-state index contributed by atoms with van der Waals surface area (Å²) >= 11 is 0. The molecule has 0 aliphatic carbocycles. The number of carbonyl (C=O) groups excluding carboxylic acids is 1. The standard InChI is InChI=1S/C21H26FN3O/c22-18-7-5-16(6-8-18)15-17-9-12-25(13-10-17)14-11-24-21(26)19-3-1-2-4-20(19)23/h1-8,17H,9-15,23H2,(H,24,26). The summed E-state index contributed by atoms with van der Waals surface area (Å²) in [4.78, 5) is 14.5. The SMILES string of the molecule is Nc1ccccc1C(=O)NCCN1CCC(Cc2ccc(F)cc2)CC1. The first-order chi connectivity index (χ1) is 12.6. The van der Waals surface area contributed by atoms with Gasteiger partial charge in [-0.2, -0.15) is 0 Å². The van der Waals surface area contributed by atoms with Crippen LogP contribution in [0.1, 0.15) is 28.8 Å². The Bertz CT molecular complexity index is 724. The molecule has 26 heavy (non-hydrogen) atoms. The summed E-state index contributed by atoms with van der Waals surface area (Å²) in [7, 11) is 0. The van der Waals surface area contributed by atoms with Crippen molar-refractivity contribution < 1.29 is 9.18 Å². The van der Waals surface area contributed by atoms with Crippen LogP contribution >= 0.6 is 0 Å². The van der Waals surface area contributed by atoms with E-state index in [9.17, 15) is 9.18 Å². The van der Waals surface area contributed by atoms with Gasteiger partial charge in [-0.25, -0.2) is 4.39 Å². The highest BCUT2D eigenvalue weighted by Gasteiger charge is 2.19. The van der Waals surface area contributed by atoms with Crippen molar-refractivity contribution in [1.82, 2.24) is 10.2 Å². The van der Waals surface area contributed by atoms with E-state index in [-0.39, 0.29) is 11.7 Å². The maximum atomic E-state index is 13.0. The first-order valence-corrected chi connectivity index (χ1v) is 9.21. The smallest absolute Gasteiger partial charge is 0.253 e. The van der Waals surface area contributed by atoms with Crippen molar-refractivity contribution >= 4 is 11.6 Å². The second-order valence-electron chi connectivity index (χ2n) is 6.96. The molecule has 3 rings (SSSR count). The van der Waals surface area contributed by atoms with E-state index >= 15 is 0 Å². The molecule has 1 fully saturated rings. The van der Waals surface area contributed by atoms with E-state index in [4.69, 9.17) is 5.73 Å². The number of hydrogen-bond acceptors (Lipinski definition) is 3. The van der Waals surface area contributed by atoms with Gasteiger partial charge in [-0.15, -0.1) is 0 Å². The molecule has 0 spiro atoms. The number of likely N-dealkylation sites (tertiary alicyclic amines) is 1. The van der Waals surface area contributed by atoms with Gasteiger partial charge in [-0.05, 0) is 68.1 Å². The Kier molecular flexibility index (Phi) is 6.23. The molecule has 0 bridgehead atoms. The van der Waals surface area contributed by atoms with Gasteiger partial charge in [0.2, 0.25) is 0 Å². The van der Waals surface area contributed by atoms with Gasteiger partial charge in [0, 0.05) is 18.8 Å². The lowest BCUT2D eigenvalue weighted by Crippen LogP contribution is -2.40. The van der Waals surface area contributed by atoms with Gasteiger partial charge in [0.15, 0.2) is 0 Å². The maximum Gasteiger partial charge on any atom is 0.253 e. The Morgan fingerprint density at radius 3 is 2.50 bits per heavy atom. The number of piperidine rings is 1. The second-order valence-corrected chi connectivity index (χ2v) is 6.96. The molecule has 0 radical (unpaired) electrons. The first-order valence-electron chi connectivity index (χ1n) is 9.21. The van der Waals surface area contributed by atoms with Gasteiger partial charge in [0.05, 0.1) is 5.56 Å². The molecular formula is C21H26FN3O. The molecule has 0 atom stereocenters. The van der Waals surface area contributed by atoms with E-state index in [2.05, 4.69) is 10.2 Å². The van der Waals surface area contributed by atoms with Crippen LogP contribution in [0, 0.1) is 11.7 Å². The van der Waals surface area contributed by atoms with Crippen LogP contribution in [0.25, 0.3) is 0 Å². The van der Waals surface area contributed by atoms with Crippen molar-refractivity contribution in [2.24, 2.45) is 5.92 Å². The third-order valence-corrected chi connectivity index (χ3v) is 5.06. The zero-order chi connectivity index (χ0) is 18.4. The molecule has 1 amide bonds. The first kappa shape index (κ1) is 18.4. The van der Waals surface area contributed by atoms with Crippen LogP contribution in [0.5, 0.6) is 0 Å². The summed E-state index contributed by atoms with van der Waals surface area (Å²) in [5.74, 6) is 0.354. The fourth-order valence-electron chi connectivity index (χ4n) is 3.49. The third-order valence-electron chi connectivity index (χ3n) is 5.06. The summed E-state index contributed by atoms with van der Waals surface area (Å²) in [6.07, 6.45) is 3.28. The molecule has 2 aromatic carbocycles. The lowest BCUT2D eigenvalue weighted by molar-refractivity contribution is 0.0945. The number of nitrogens with zero attached hydrogens (tertiary/aromatic N) is 1. The summed E-state index contributed by atoms with van der Waals surface area (Å²) < 4.78 is 13.0. The van der Waals surface area contributed by atoms with E-state index in [1.807, 2.05) is 24.3 Å². The molecular weight excluding hydrogens is 329 g/mol. The molecule has 1 saturated heterocycles. The molecule has 0 saturated carbocycles. The number of amides is 1. The van der Waals surface area contributed by atoms with Crippen LogP contribution < -0.4 is 11.1 Å². The average molecular weight is 355 g/mol. The monoisotopic (exact) mass is 355 g/mol. The van der Waals surface area contributed by atoms with Crippen molar-refractivity contribution in [3.05, 3.63) is 65.5 Å². The fourth-order valence-corrected chi connectivity index (χ4v) is 3.49. The van der Waals surface area contributed by atoms with E-state index in [0.29, 0.717) is 23.7 Å².